The molecule has 2 aliphatic rings. The van der Waals surface area contributed by atoms with Crippen LogP contribution in [0.4, 0.5) is 24.7 Å². The molecule has 168 valence electrons. The van der Waals surface area contributed by atoms with Gasteiger partial charge in [0, 0.05) is 23.2 Å². The number of hydrogen-bond donors (Lipinski definition) is 2. The van der Waals surface area contributed by atoms with Gasteiger partial charge in [-0.05, 0) is 43.5 Å². The minimum absolute atomic E-state index is 0.0350. The molecule has 0 bridgehead atoms. The lowest BCUT2D eigenvalue weighted by Gasteiger charge is -2.19. The number of rotatable bonds is 4. The number of anilines is 2. The van der Waals surface area contributed by atoms with E-state index in [0.717, 1.165) is 36.2 Å². The highest BCUT2D eigenvalue weighted by Gasteiger charge is 2.48. The molecule has 0 radical (unpaired) electrons. The summed E-state index contributed by atoms with van der Waals surface area (Å²) in [5.74, 6) is 1.61. The quantitative estimate of drug-likeness (QED) is 0.598. The van der Waals surface area contributed by atoms with Crippen molar-refractivity contribution >= 4 is 23.2 Å². The number of alkyl halides is 3. The maximum absolute atomic E-state index is 13.1. The van der Waals surface area contributed by atoms with Crippen molar-refractivity contribution in [2.24, 2.45) is 5.41 Å². The predicted octanol–water partition coefficient (Wildman–Crippen LogP) is 3.29. The molecule has 0 atom stereocenters. The molecule has 1 saturated carbocycles. The van der Waals surface area contributed by atoms with E-state index in [0.29, 0.717) is 36.1 Å². The maximum atomic E-state index is 13.1. The van der Waals surface area contributed by atoms with Crippen molar-refractivity contribution in [2.45, 2.75) is 52.5 Å². The fourth-order valence-corrected chi connectivity index (χ4v) is 4.18. The second-order valence-corrected chi connectivity index (χ2v) is 8.80. The van der Waals surface area contributed by atoms with Crippen LogP contribution in [0.25, 0.3) is 5.78 Å². The van der Waals surface area contributed by atoms with Crippen molar-refractivity contribution in [1.82, 2.24) is 24.5 Å². The summed E-state index contributed by atoms with van der Waals surface area (Å²) < 4.78 is 41.3. The van der Waals surface area contributed by atoms with Crippen molar-refractivity contribution in [3.63, 3.8) is 0 Å². The predicted molar refractivity (Wildman–Crippen MR) is 110 cm³/mol. The first-order chi connectivity index (χ1) is 15.0. The Hall–Kier alpha value is -3.37. The van der Waals surface area contributed by atoms with Gasteiger partial charge in [0.2, 0.25) is 5.91 Å². The normalized spacial score (nSPS) is 17.0. The van der Waals surface area contributed by atoms with Crippen LogP contribution in [-0.2, 0) is 30.6 Å². The average Bonchev–Trinajstić information content (AvgIpc) is 3.16. The fourth-order valence-electron chi connectivity index (χ4n) is 4.18. The van der Waals surface area contributed by atoms with E-state index in [1.165, 1.54) is 6.07 Å². The lowest BCUT2D eigenvalue weighted by molar-refractivity contribution is -0.138. The molecule has 1 aliphatic carbocycles. The lowest BCUT2D eigenvalue weighted by atomic mass is 10.1. The highest BCUT2D eigenvalue weighted by Crippen LogP contribution is 2.48. The lowest BCUT2D eigenvalue weighted by Crippen LogP contribution is -2.31. The molecule has 32 heavy (non-hydrogen) atoms. The molecule has 11 heteroatoms. The smallest absolute Gasteiger partial charge is 0.399 e. The molecule has 3 N–H and O–H groups in total. The monoisotopic (exact) mass is 445 g/mol. The maximum Gasteiger partial charge on any atom is 0.416 e. The number of halogens is 3. The van der Waals surface area contributed by atoms with E-state index >= 15 is 0 Å². The summed E-state index contributed by atoms with van der Waals surface area (Å²) in [7, 11) is 0. The Bertz CT molecular complexity index is 1250. The van der Waals surface area contributed by atoms with Crippen molar-refractivity contribution < 1.29 is 18.0 Å². The summed E-state index contributed by atoms with van der Waals surface area (Å²) in [6, 6.07) is 3.46. The van der Waals surface area contributed by atoms with Gasteiger partial charge in [0.1, 0.15) is 11.6 Å². The third-order valence-corrected chi connectivity index (χ3v) is 6.22. The van der Waals surface area contributed by atoms with Gasteiger partial charge in [-0.15, -0.1) is 10.2 Å². The van der Waals surface area contributed by atoms with Crippen LogP contribution in [-0.4, -0.2) is 30.4 Å². The molecule has 0 unspecified atom stereocenters. The molecule has 5 rings (SSSR count). The third-order valence-electron chi connectivity index (χ3n) is 6.22. The Morgan fingerprint density at radius 2 is 1.97 bits per heavy atom. The van der Waals surface area contributed by atoms with Crippen molar-refractivity contribution in [1.29, 1.82) is 0 Å². The van der Waals surface area contributed by atoms with Crippen LogP contribution in [0.3, 0.4) is 0 Å². The number of nitrogens with two attached hydrogens (primary N) is 1. The number of benzene rings is 1. The van der Waals surface area contributed by atoms with Crippen molar-refractivity contribution in [3.8, 4) is 0 Å². The van der Waals surface area contributed by atoms with E-state index in [2.05, 4.69) is 20.5 Å². The summed E-state index contributed by atoms with van der Waals surface area (Å²) >= 11 is 0. The van der Waals surface area contributed by atoms with E-state index in [1.807, 2.05) is 18.2 Å². The summed E-state index contributed by atoms with van der Waals surface area (Å²) in [6.45, 7) is 4.65. The highest BCUT2D eigenvalue weighted by atomic mass is 19.4. The van der Waals surface area contributed by atoms with Crippen LogP contribution in [0, 0.1) is 12.3 Å². The van der Waals surface area contributed by atoms with Gasteiger partial charge < -0.3 is 16.0 Å². The molecular formula is C21H22F3N7O. The Balaban J connectivity index is 1.47. The zero-order chi connectivity index (χ0) is 22.8. The van der Waals surface area contributed by atoms with Gasteiger partial charge in [0.15, 0.2) is 0 Å². The van der Waals surface area contributed by atoms with Crippen LogP contribution >= 0.6 is 0 Å². The molecule has 0 spiro atoms. The van der Waals surface area contributed by atoms with Crippen LogP contribution in [0.5, 0.6) is 0 Å². The minimum atomic E-state index is -4.48. The first-order valence-electron chi connectivity index (χ1n) is 10.3. The molecule has 3 aromatic rings. The van der Waals surface area contributed by atoms with Gasteiger partial charge >= 0.3 is 6.18 Å². The van der Waals surface area contributed by atoms with Gasteiger partial charge in [-0.25, -0.2) is 0 Å². The SMILES string of the molecule is Cc1nnc2nc(NCc3cc(N)cc(C(F)(F)F)c3)c3c(n12)CN(C(=O)C1(C)CC1)C3. The molecular weight excluding hydrogens is 423 g/mol. The molecule has 8 nitrogen and oxygen atoms in total. The number of amides is 1. The zero-order valence-corrected chi connectivity index (χ0v) is 17.6. The summed E-state index contributed by atoms with van der Waals surface area (Å²) in [4.78, 5) is 19.3. The van der Waals surface area contributed by atoms with E-state index in [1.54, 1.807) is 4.90 Å². The number of aromatic nitrogens is 4. The van der Waals surface area contributed by atoms with Crippen LogP contribution in [0.15, 0.2) is 18.2 Å². The standard InChI is InChI=1S/C21H22F3N7O/c1-11-28-29-19-27-17(26-8-12-5-13(21(22,23)24)7-14(25)6-12)15-9-30(10-16(15)31(11)19)18(32)20(2)3-4-20/h5-7H,3-4,8-10,25H2,1-2H3,(H,26,27,29). The minimum Gasteiger partial charge on any atom is -0.399 e. The van der Waals surface area contributed by atoms with Crippen LogP contribution in [0.1, 0.15) is 48.0 Å². The number of fused-ring (bicyclic) bond motifs is 3. The molecule has 2 aromatic heterocycles. The first kappa shape index (κ1) is 20.5. The molecule has 1 fully saturated rings. The van der Waals surface area contributed by atoms with Gasteiger partial charge in [-0.2, -0.15) is 18.2 Å². The topological polar surface area (TPSA) is 101 Å². The fraction of sp³-hybridized carbons (Fsp3) is 0.429. The molecule has 0 saturated heterocycles. The van der Waals surface area contributed by atoms with Gasteiger partial charge in [-0.1, -0.05) is 6.92 Å². The molecule has 1 aliphatic heterocycles. The van der Waals surface area contributed by atoms with Crippen LogP contribution in [0.2, 0.25) is 0 Å². The Morgan fingerprint density at radius 3 is 2.66 bits per heavy atom. The van der Waals surface area contributed by atoms with E-state index < -0.39 is 11.7 Å². The zero-order valence-electron chi connectivity index (χ0n) is 17.6. The number of nitrogens with one attached hydrogen (secondary N) is 1. The van der Waals surface area contributed by atoms with Crippen LogP contribution < -0.4 is 11.1 Å². The number of aryl methyl sites for hydroxylation is 1. The number of nitrogens with zero attached hydrogens (tertiary/aromatic N) is 5. The Labute approximate surface area is 181 Å². The van der Waals surface area contributed by atoms with Gasteiger partial charge in [-0.3, -0.25) is 9.20 Å². The van der Waals surface area contributed by atoms with E-state index in [4.69, 9.17) is 5.73 Å². The number of carbonyl (C=O) groups excluding carboxylic acids is 1. The summed E-state index contributed by atoms with van der Waals surface area (Å²) in [5.41, 5.74) is 6.67. The van der Waals surface area contributed by atoms with Gasteiger partial charge in [0.25, 0.3) is 5.78 Å². The van der Waals surface area contributed by atoms with Gasteiger partial charge in [0.05, 0.1) is 24.3 Å². The summed E-state index contributed by atoms with van der Waals surface area (Å²) in [5, 5.41) is 11.3. The molecule has 3 heterocycles. The largest absolute Gasteiger partial charge is 0.416 e. The highest BCUT2D eigenvalue weighted by molar-refractivity contribution is 5.85. The second-order valence-electron chi connectivity index (χ2n) is 8.80. The van der Waals surface area contributed by atoms with E-state index in [-0.39, 0.29) is 23.6 Å². The second kappa shape index (κ2) is 6.81. The van der Waals surface area contributed by atoms with E-state index in [9.17, 15) is 18.0 Å². The molecule has 1 amide bonds. The van der Waals surface area contributed by atoms with Crippen molar-refractivity contribution in [3.05, 3.63) is 46.4 Å². The molecule has 1 aromatic carbocycles. The number of carbonyl (C=O) groups is 1. The van der Waals surface area contributed by atoms with Crippen molar-refractivity contribution in [2.75, 3.05) is 11.1 Å². The Kier molecular flexibility index (Phi) is 4.37. The number of nitrogen functional groups attached to an aromatic ring is 1. The summed E-state index contributed by atoms with van der Waals surface area (Å²) in [6.07, 6.45) is -2.73. The Morgan fingerprint density at radius 1 is 1.22 bits per heavy atom. The average molecular weight is 445 g/mol. The number of hydrogen-bond acceptors (Lipinski definition) is 6. The third kappa shape index (κ3) is 3.41. The first-order valence-corrected chi connectivity index (χ1v) is 10.3.